The first-order valence-corrected chi connectivity index (χ1v) is 10.8. The van der Waals surface area contributed by atoms with E-state index in [0.29, 0.717) is 12.8 Å². The van der Waals surface area contributed by atoms with Gasteiger partial charge in [0.25, 0.3) is 0 Å². The molecule has 0 radical (unpaired) electrons. The Labute approximate surface area is 181 Å². The van der Waals surface area contributed by atoms with Gasteiger partial charge in [0.1, 0.15) is 6.04 Å². The maximum atomic E-state index is 13.2. The zero-order chi connectivity index (χ0) is 22.7. The number of thioether (sulfide) groups is 1. The Kier molecular flexibility index (Phi) is 11.1. The number of hydroxylamine groups is 1. The van der Waals surface area contributed by atoms with Crippen LogP contribution in [0.1, 0.15) is 32.8 Å². The first-order chi connectivity index (χ1) is 14.2. The summed E-state index contributed by atoms with van der Waals surface area (Å²) in [5, 5.41) is 14.3. The number of benzene rings is 1. The van der Waals surface area contributed by atoms with Crippen LogP contribution >= 0.6 is 11.8 Å². The quantitative estimate of drug-likeness (QED) is 0.307. The average molecular weight is 438 g/mol. The summed E-state index contributed by atoms with van der Waals surface area (Å²) in [6.45, 7) is 5.19. The van der Waals surface area contributed by atoms with Crippen molar-refractivity contribution in [2.24, 2.45) is 17.8 Å². The minimum Gasteiger partial charge on any atom is -0.357 e. The van der Waals surface area contributed by atoms with E-state index in [0.717, 1.165) is 17.3 Å². The van der Waals surface area contributed by atoms with Crippen LogP contribution in [0.3, 0.4) is 0 Å². The lowest BCUT2D eigenvalue weighted by Crippen LogP contribution is -2.51. The summed E-state index contributed by atoms with van der Waals surface area (Å²) in [7, 11) is 1.49. The lowest BCUT2D eigenvalue weighted by molar-refractivity contribution is -0.140. The second kappa shape index (κ2) is 13.0. The molecule has 1 aromatic carbocycles. The third kappa shape index (κ3) is 8.54. The van der Waals surface area contributed by atoms with E-state index in [4.69, 9.17) is 5.21 Å². The molecule has 3 amide bonds. The van der Waals surface area contributed by atoms with Crippen LogP contribution in [0.5, 0.6) is 0 Å². The van der Waals surface area contributed by atoms with E-state index in [-0.39, 0.29) is 22.7 Å². The fourth-order valence-electron chi connectivity index (χ4n) is 3.14. The molecule has 9 heteroatoms. The standard InChI is InChI=1S/C21H31N3O5S/c1-13(2)10-16(17(20(27)24-29)12-30-14(3)25)19(26)23-18(21(28)22-4)11-15-8-6-5-7-9-15/h5-9,13,16-18,29H,10-12H2,1-4H3,(H,22,28)(H,23,26)(H,24,27)/t16-,17+,18+/m1/s1. The zero-order valence-corrected chi connectivity index (χ0v) is 18.6. The Hall–Kier alpha value is -2.39. The fraction of sp³-hybridized carbons (Fsp3) is 0.524. The van der Waals surface area contributed by atoms with Crippen molar-refractivity contribution in [3.63, 3.8) is 0 Å². The first kappa shape index (κ1) is 25.6. The highest BCUT2D eigenvalue weighted by Crippen LogP contribution is 2.26. The van der Waals surface area contributed by atoms with Crippen molar-refractivity contribution in [3.05, 3.63) is 35.9 Å². The molecule has 0 saturated carbocycles. The van der Waals surface area contributed by atoms with Gasteiger partial charge < -0.3 is 10.6 Å². The number of amides is 3. The molecule has 0 aliphatic rings. The van der Waals surface area contributed by atoms with E-state index >= 15 is 0 Å². The van der Waals surface area contributed by atoms with Gasteiger partial charge in [-0.2, -0.15) is 0 Å². The Balaban J connectivity index is 3.10. The minimum atomic E-state index is -0.923. The van der Waals surface area contributed by atoms with Crippen LogP contribution in [-0.2, 0) is 25.6 Å². The van der Waals surface area contributed by atoms with Crippen molar-refractivity contribution in [2.75, 3.05) is 12.8 Å². The van der Waals surface area contributed by atoms with Crippen LogP contribution < -0.4 is 16.1 Å². The van der Waals surface area contributed by atoms with Crippen LogP contribution in [0.4, 0.5) is 0 Å². The molecule has 0 aliphatic carbocycles. The molecular weight excluding hydrogens is 406 g/mol. The van der Waals surface area contributed by atoms with Gasteiger partial charge in [-0.15, -0.1) is 0 Å². The molecule has 166 valence electrons. The predicted molar refractivity (Wildman–Crippen MR) is 116 cm³/mol. The molecule has 3 atom stereocenters. The van der Waals surface area contributed by atoms with Crippen molar-refractivity contribution in [2.45, 2.75) is 39.7 Å². The lowest BCUT2D eigenvalue weighted by Gasteiger charge is -2.28. The molecule has 0 heterocycles. The summed E-state index contributed by atoms with van der Waals surface area (Å²) in [6, 6.07) is 8.46. The summed E-state index contributed by atoms with van der Waals surface area (Å²) in [6.07, 6.45) is 0.647. The van der Waals surface area contributed by atoms with Gasteiger partial charge in [-0.3, -0.25) is 24.4 Å². The SMILES string of the molecule is CNC(=O)[C@H](Cc1ccccc1)NC(=O)[C@H](CC(C)C)[C@H](CSC(C)=O)C(=O)NO. The first-order valence-electron chi connectivity index (χ1n) is 9.82. The Bertz CT molecular complexity index is 727. The molecule has 0 aromatic heterocycles. The Morgan fingerprint density at radius 3 is 2.13 bits per heavy atom. The number of hydrogen-bond acceptors (Lipinski definition) is 6. The smallest absolute Gasteiger partial charge is 0.248 e. The third-order valence-electron chi connectivity index (χ3n) is 4.62. The van der Waals surface area contributed by atoms with Gasteiger partial charge >= 0.3 is 0 Å². The van der Waals surface area contributed by atoms with E-state index in [1.165, 1.54) is 14.0 Å². The summed E-state index contributed by atoms with van der Waals surface area (Å²) in [5.41, 5.74) is 2.48. The highest BCUT2D eigenvalue weighted by atomic mass is 32.2. The lowest BCUT2D eigenvalue weighted by atomic mass is 9.84. The van der Waals surface area contributed by atoms with Gasteiger partial charge in [0.05, 0.1) is 11.8 Å². The number of hydrogen-bond donors (Lipinski definition) is 4. The second-order valence-electron chi connectivity index (χ2n) is 7.49. The minimum absolute atomic E-state index is 0.0514. The molecular formula is C21H31N3O5S. The molecule has 0 saturated heterocycles. The van der Waals surface area contributed by atoms with Gasteiger partial charge in [0, 0.05) is 26.1 Å². The Morgan fingerprint density at radius 2 is 1.63 bits per heavy atom. The summed E-state index contributed by atoms with van der Waals surface area (Å²) < 4.78 is 0. The van der Waals surface area contributed by atoms with Crippen LogP contribution in [0.2, 0.25) is 0 Å². The molecule has 0 bridgehead atoms. The van der Waals surface area contributed by atoms with E-state index in [1.54, 1.807) is 5.48 Å². The summed E-state index contributed by atoms with van der Waals surface area (Å²) in [4.78, 5) is 49.2. The van der Waals surface area contributed by atoms with Crippen molar-refractivity contribution in [3.8, 4) is 0 Å². The molecule has 30 heavy (non-hydrogen) atoms. The molecule has 1 aromatic rings. The molecule has 0 fully saturated rings. The highest BCUT2D eigenvalue weighted by Gasteiger charge is 2.36. The van der Waals surface area contributed by atoms with Crippen molar-refractivity contribution < 1.29 is 24.4 Å². The predicted octanol–water partition coefficient (Wildman–Crippen LogP) is 1.52. The van der Waals surface area contributed by atoms with Crippen LogP contribution in [0.15, 0.2) is 30.3 Å². The highest BCUT2D eigenvalue weighted by molar-refractivity contribution is 8.13. The summed E-state index contributed by atoms with van der Waals surface area (Å²) in [5.74, 6) is -3.16. The van der Waals surface area contributed by atoms with Gasteiger partial charge in [-0.05, 0) is 17.9 Å². The molecule has 0 aliphatic heterocycles. The number of carbonyl (C=O) groups is 4. The molecule has 4 N–H and O–H groups in total. The summed E-state index contributed by atoms with van der Waals surface area (Å²) >= 11 is 0.918. The van der Waals surface area contributed by atoms with E-state index < -0.39 is 29.7 Å². The van der Waals surface area contributed by atoms with Crippen LogP contribution in [0.25, 0.3) is 0 Å². The van der Waals surface area contributed by atoms with E-state index in [9.17, 15) is 19.2 Å². The van der Waals surface area contributed by atoms with Crippen LogP contribution in [-0.4, -0.2) is 46.9 Å². The normalized spacial score (nSPS) is 13.8. The Morgan fingerprint density at radius 1 is 1.00 bits per heavy atom. The van der Waals surface area contributed by atoms with Crippen LogP contribution in [0, 0.1) is 17.8 Å². The fourth-order valence-corrected chi connectivity index (χ4v) is 3.94. The van der Waals surface area contributed by atoms with Crippen molar-refractivity contribution in [1.29, 1.82) is 0 Å². The maximum absolute atomic E-state index is 13.2. The van der Waals surface area contributed by atoms with Gasteiger partial charge in [-0.1, -0.05) is 55.9 Å². The molecule has 8 nitrogen and oxygen atoms in total. The number of nitrogens with one attached hydrogen (secondary N) is 3. The third-order valence-corrected chi connectivity index (χ3v) is 5.56. The topological polar surface area (TPSA) is 125 Å². The van der Waals surface area contributed by atoms with Crippen molar-refractivity contribution in [1.82, 2.24) is 16.1 Å². The maximum Gasteiger partial charge on any atom is 0.248 e. The van der Waals surface area contributed by atoms with Gasteiger partial charge in [0.2, 0.25) is 17.7 Å². The zero-order valence-electron chi connectivity index (χ0n) is 17.8. The van der Waals surface area contributed by atoms with E-state index in [2.05, 4.69) is 10.6 Å². The molecule has 0 spiro atoms. The van der Waals surface area contributed by atoms with Gasteiger partial charge in [0.15, 0.2) is 5.12 Å². The number of carbonyl (C=O) groups excluding carboxylic acids is 4. The second-order valence-corrected chi connectivity index (χ2v) is 8.68. The molecule has 0 unspecified atom stereocenters. The van der Waals surface area contributed by atoms with Crippen molar-refractivity contribution >= 4 is 34.6 Å². The number of likely N-dealkylation sites (N-methyl/N-ethyl adjacent to an activating group) is 1. The largest absolute Gasteiger partial charge is 0.357 e. The van der Waals surface area contributed by atoms with E-state index in [1.807, 2.05) is 44.2 Å². The number of rotatable bonds is 11. The molecule has 1 rings (SSSR count). The average Bonchev–Trinajstić information content (AvgIpc) is 2.71. The monoisotopic (exact) mass is 437 g/mol. The van der Waals surface area contributed by atoms with Gasteiger partial charge in [-0.25, -0.2) is 5.48 Å².